The van der Waals surface area contributed by atoms with Crippen LogP contribution in [-0.2, 0) is 4.79 Å². The molecule has 2 aliphatic rings. The summed E-state index contributed by atoms with van der Waals surface area (Å²) in [5, 5.41) is 9.44. The molecule has 1 aromatic carbocycles. The lowest BCUT2D eigenvalue weighted by atomic mass is 9.99. The molecule has 21 heavy (non-hydrogen) atoms. The summed E-state index contributed by atoms with van der Waals surface area (Å²) in [6.07, 6.45) is 0. The fourth-order valence-corrected chi connectivity index (χ4v) is 2.99. The molecule has 2 heterocycles. The molecule has 1 fully saturated rings. The number of carboxylic acid groups (broad SMARTS) is 1. The third kappa shape index (κ3) is 2.40. The van der Waals surface area contributed by atoms with Crippen molar-refractivity contribution in [3.63, 3.8) is 0 Å². The molecule has 7 heteroatoms. The van der Waals surface area contributed by atoms with Gasteiger partial charge in [0.05, 0.1) is 10.9 Å². The van der Waals surface area contributed by atoms with Crippen molar-refractivity contribution >= 4 is 23.5 Å². The first-order valence-corrected chi connectivity index (χ1v) is 6.96. The lowest BCUT2D eigenvalue weighted by molar-refractivity contribution is -0.142. The van der Waals surface area contributed by atoms with E-state index in [4.69, 9.17) is 26.2 Å². The quantitative estimate of drug-likeness (QED) is 0.902. The predicted molar refractivity (Wildman–Crippen MR) is 73.8 cm³/mol. The minimum Gasteiger partial charge on any atom is -0.481 e. The molecular formula is C14H14ClNO5. The standard InChI is InChI=1S/C14H14ClNO5/c1-7-4-16(5-9(7)14(18)19)13(17)8-2-10(15)12-11(3-8)20-6-21-12/h2-3,7,9H,4-6H2,1H3,(H,18,19). The van der Waals surface area contributed by atoms with Gasteiger partial charge in [0.2, 0.25) is 6.79 Å². The van der Waals surface area contributed by atoms with Crippen molar-refractivity contribution in [2.24, 2.45) is 11.8 Å². The van der Waals surface area contributed by atoms with E-state index in [1.165, 1.54) is 11.0 Å². The number of hydrogen-bond acceptors (Lipinski definition) is 4. The van der Waals surface area contributed by atoms with E-state index in [0.717, 1.165) is 0 Å². The summed E-state index contributed by atoms with van der Waals surface area (Å²) in [4.78, 5) is 25.2. The van der Waals surface area contributed by atoms with Gasteiger partial charge in [0.1, 0.15) is 0 Å². The van der Waals surface area contributed by atoms with Gasteiger partial charge in [-0.05, 0) is 18.1 Å². The van der Waals surface area contributed by atoms with E-state index < -0.39 is 11.9 Å². The van der Waals surface area contributed by atoms with Crippen LogP contribution in [-0.4, -0.2) is 41.8 Å². The first-order chi connectivity index (χ1) is 9.97. The molecule has 1 N–H and O–H groups in total. The summed E-state index contributed by atoms with van der Waals surface area (Å²) in [5.41, 5.74) is 0.377. The predicted octanol–water partition coefficient (Wildman–Crippen LogP) is 1.86. The Morgan fingerprint density at radius 3 is 2.76 bits per heavy atom. The second kappa shape index (κ2) is 5.11. The van der Waals surface area contributed by atoms with Gasteiger partial charge in [-0.1, -0.05) is 18.5 Å². The number of amides is 1. The van der Waals surface area contributed by atoms with Crippen molar-refractivity contribution in [3.8, 4) is 11.5 Å². The SMILES string of the molecule is CC1CN(C(=O)c2cc(Cl)c3c(c2)OCO3)CC1C(=O)O. The zero-order valence-electron chi connectivity index (χ0n) is 11.3. The van der Waals surface area contributed by atoms with Gasteiger partial charge in [-0.25, -0.2) is 0 Å². The second-order valence-electron chi connectivity index (χ2n) is 5.32. The third-order valence-corrected chi connectivity index (χ3v) is 4.17. The lowest BCUT2D eigenvalue weighted by Gasteiger charge is -2.16. The van der Waals surface area contributed by atoms with Crippen LogP contribution in [0.15, 0.2) is 12.1 Å². The number of hydrogen-bond donors (Lipinski definition) is 1. The molecule has 0 aromatic heterocycles. The number of fused-ring (bicyclic) bond motifs is 1. The third-order valence-electron chi connectivity index (χ3n) is 3.89. The average molecular weight is 312 g/mol. The summed E-state index contributed by atoms with van der Waals surface area (Å²) >= 11 is 6.06. The molecule has 0 radical (unpaired) electrons. The smallest absolute Gasteiger partial charge is 0.308 e. The van der Waals surface area contributed by atoms with Crippen molar-refractivity contribution in [2.45, 2.75) is 6.92 Å². The summed E-state index contributed by atoms with van der Waals surface area (Å²) in [6.45, 7) is 2.54. The maximum atomic E-state index is 12.5. The van der Waals surface area contributed by atoms with Gasteiger partial charge in [-0.15, -0.1) is 0 Å². The van der Waals surface area contributed by atoms with E-state index in [9.17, 15) is 9.59 Å². The number of carbonyl (C=O) groups excluding carboxylic acids is 1. The summed E-state index contributed by atoms with van der Waals surface area (Å²) in [5.74, 6) is -0.846. The number of carbonyl (C=O) groups is 2. The number of likely N-dealkylation sites (tertiary alicyclic amines) is 1. The van der Waals surface area contributed by atoms with Crippen LogP contribution < -0.4 is 9.47 Å². The van der Waals surface area contributed by atoms with Gasteiger partial charge in [-0.3, -0.25) is 9.59 Å². The van der Waals surface area contributed by atoms with Gasteiger partial charge in [0.15, 0.2) is 11.5 Å². The Bertz CT molecular complexity index is 618. The molecule has 3 rings (SSSR count). The van der Waals surface area contributed by atoms with Crippen LogP contribution in [0.5, 0.6) is 11.5 Å². The monoisotopic (exact) mass is 311 g/mol. The summed E-state index contributed by atoms with van der Waals surface area (Å²) < 4.78 is 10.4. The highest BCUT2D eigenvalue weighted by Crippen LogP contribution is 2.40. The van der Waals surface area contributed by atoms with E-state index in [1.54, 1.807) is 6.07 Å². The molecule has 0 bridgehead atoms. The molecule has 0 spiro atoms. The van der Waals surface area contributed by atoms with E-state index in [1.807, 2.05) is 6.92 Å². The van der Waals surface area contributed by atoms with Crippen molar-refractivity contribution in [1.82, 2.24) is 4.90 Å². The average Bonchev–Trinajstić information content (AvgIpc) is 3.04. The Morgan fingerprint density at radius 2 is 2.10 bits per heavy atom. The van der Waals surface area contributed by atoms with Crippen LogP contribution in [0.2, 0.25) is 5.02 Å². The van der Waals surface area contributed by atoms with Gasteiger partial charge in [-0.2, -0.15) is 0 Å². The largest absolute Gasteiger partial charge is 0.481 e. The maximum absolute atomic E-state index is 12.5. The zero-order valence-corrected chi connectivity index (χ0v) is 12.1. The number of carboxylic acids is 1. The van der Waals surface area contributed by atoms with Crippen molar-refractivity contribution in [3.05, 3.63) is 22.7 Å². The highest BCUT2D eigenvalue weighted by atomic mass is 35.5. The van der Waals surface area contributed by atoms with E-state index >= 15 is 0 Å². The van der Waals surface area contributed by atoms with Gasteiger partial charge >= 0.3 is 5.97 Å². The number of halogens is 1. The lowest BCUT2D eigenvalue weighted by Crippen LogP contribution is -2.29. The van der Waals surface area contributed by atoms with Crippen LogP contribution in [0.25, 0.3) is 0 Å². The fraction of sp³-hybridized carbons (Fsp3) is 0.429. The van der Waals surface area contributed by atoms with Gasteiger partial charge < -0.3 is 19.5 Å². The number of rotatable bonds is 2. The van der Waals surface area contributed by atoms with Crippen LogP contribution in [0.4, 0.5) is 0 Å². The van der Waals surface area contributed by atoms with Gasteiger partial charge in [0, 0.05) is 18.7 Å². The normalized spacial score (nSPS) is 23.4. The molecule has 2 atom stereocenters. The first-order valence-electron chi connectivity index (χ1n) is 6.58. The molecule has 6 nitrogen and oxygen atoms in total. The number of ether oxygens (including phenoxy) is 2. The van der Waals surface area contributed by atoms with Crippen LogP contribution in [0, 0.1) is 11.8 Å². The fourth-order valence-electron chi connectivity index (χ4n) is 2.73. The second-order valence-corrected chi connectivity index (χ2v) is 5.73. The Morgan fingerprint density at radius 1 is 1.33 bits per heavy atom. The Hall–Kier alpha value is -1.95. The minimum absolute atomic E-state index is 0.0732. The molecule has 2 aliphatic heterocycles. The van der Waals surface area contributed by atoms with E-state index in [-0.39, 0.29) is 25.2 Å². The van der Waals surface area contributed by atoms with Crippen LogP contribution in [0.1, 0.15) is 17.3 Å². The molecule has 0 saturated carbocycles. The van der Waals surface area contributed by atoms with E-state index in [2.05, 4.69) is 0 Å². The maximum Gasteiger partial charge on any atom is 0.308 e. The Kier molecular flexibility index (Phi) is 3.41. The van der Waals surface area contributed by atoms with Crippen molar-refractivity contribution < 1.29 is 24.2 Å². The Balaban J connectivity index is 1.84. The van der Waals surface area contributed by atoms with E-state index in [0.29, 0.717) is 28.6 Å². The Labute approximate surface area is 126 Å². The number of nitrogens with zero attached hydrogens (tertiary/aromatic N) is 1. The topological polar surface area (TPSA) is 76.1 Å². The molecule has 112 valence electrons. The molecule has 1 amide bonds. The van der Waals surface area contributed by atoms with Crippen molar-refractivity contribution in [1.29, 1.82) is 0 Å². The highest BCUT2D eigenvalue weighted by molar-refractivity contribution is 6.32. The molecule has 1 aromatic rings. The zero-order chi connectivity index (χ0) is 15.1. The molecule has 1 saturated heterocycles. The summed E-state index contributed by atoms with van der Waals surface area (Å²) in [7, 11) is 0. The number of aliphatic carboxylic acids is 1. The minimum atomic E-state index is -0.874. The van der Waals surface area contributed by atoms with Crippen molar-refractivity contribution in [2.75, 3.05) is 19.9 Å². The first kappa shape index (κ1) is 14.0. The van der Waals surface area contributed by atoms with Gasteiger partial charge in [0.25, 0.3) is 5.91 Å². The van der Waals surface area contributed by atoms with Crippen LogP contribution in [0.3, 0.4) is 0 Å². The molecule has 0 aliphatic carbocycles. The molecule has 2 unspecified atom stereocenters. The molecular weight excluding hydrogens is 298 g/mol. The highest BCUT2D eigenvalue weighted by Gasteiger charge is 2.37. The summed E-state index contributed by atoms with van der Waals surface area (Å²) in [6, 6.07) is 3.10. The number of benzene rings is 1. The van der Waals surface area contributed by atoms with Crippen LogP contribution >= 0.6 is 11.6 Å².